The minimum Gasteiger partial charge on any atom is -0.416 e. The minimum atomic E-state index is -0.104. The molecule has 0 saturated heterocycles. The normalized spacial score (nSPS) is 10.8. The molecule has 7 heteroatoms. The van der Waals surface area contributed by atoms with Gasteiger partial charge in [-0.1, -0.05) is 17.7 Å². The first-order chi connectivity index (χ1) is 14.2. The van der Waals surface area contributed by atoms with Gasteiger partial charge < -0.3 is 14.3 Å². The molecule has 0 aliphatic carbocycles. The van der Waals surface area contributed by atoms with E-state index in [1.54, 1.807) is 24.7 Å². The quantitative estimate of drug-likeness (QED) is 0.488. The molecule has 7 nitrogen and oxygen atoms in total. The number of amides is 1. The number of hydrogen-bond donors (Lipinski definition) is 1. The smallest absolute Gasteiger partial charge is 0.251 e. The lowest BCUT2D eigenvalue weighted by atomic mass is 10.1. The molecule has 0 bridgehead atoms. The fourth-order valence-electron chi connectivity index (χ4n) is 2.98. The number of benzene rings is 2. The first-order valence-corrected chi connectivity index (χ1v) is 9.44. The number of aryl methyl sites for hydroxylation is 2. The maximum atomic E-state index is 12.3. The standard InChI is InChI=1S/C22H21N5O2/c1-16-4-2-5-19(14-16)22-26-25-21(29-22)18-8-6-17(7-9-18)20(28)24-10-3-12-27-13-11-23-15-27/h2,4-9,11,13-15H,3,10,12H2,1H3,(H,24,28). The average molecular weight is 387 g/mol. The van der Waals surface area contributed by atoms with Crippen LogP contribution in [0.25, 0.3) is 22.9 Å². The maximum Gasteiger partial charge on any atom is 0.251 e. The fraction of sp³-hybridized carbons (Fsp3) is 0.182. The van der Waals surface area contributed by atoms with E-state index in [2.05, 4.69) is 20.5 Å². The second-order valence-corrected chi connectivity index (χ2v) is 6.77. The highest BCUT2D eigenvalue weighted by Gasteiger charge is 2.12. The van der Waals surface area contributed by atoms with Crippen molar-refractivity contribution in [3.8, 4) is 22.9 Å². The number of carbonyl (C=O) groups is 1. The van der Waals surface area contributed by atoms with Gasteiger partial charge in [0.2, 0.25) is 11.8 Å². The number of nitrogens with one attached hydrogen (secondary N) is 1. The molecular weight excluding hydrogens is 366 g/mol. The van der Waals surface area contributed by atoms with Crippen molar-refractivity contribution in [3.05, 3.63) is 78.4 Å². The topological polar surface area (TPSA) is 85.8 Å². The molecule has 0 unspecified atom stereocenters. The Balaban J connectivity index is 1.35. The number of hydrogen-bond acceptors (Lipinski definition) is 5. The third-order valence-electron chi connectivity index (χ3n) is 4.52. The van der Waals surface area contributed by atoms with E-state index in [4.69, 9.17) is 4.42 Å². The lowest BCUT2D eigenvalue weighted by Crippen LogP contribution is -2.25. The summed E-state index contributed by atoms with van der Waals surface area (Å²) < 4.78 is 7.78. The number of rotatable bonds is 7. The zero-order chi connectivity index (χ0) is 20.1. The summed E-state index contributed by atoms with van der Waals surface area (Å²) in [5, 5.41) is 11.2. The summed E-state index contributed by atoms with van der Waals surface area (Å²) in [7, 11) is 0. The Morgan fingerprint density at radius 1 is 1.07 bits per heavy atom. The molecule has 0 radical (unpaired) electrons. The summed E-state index contributed by atoms with van der Waals surface area (Å²) >= 11 is 0. The van der Waals surface area contributed by atoms with Crippen LogP contribution in [0.1, 0.15) is 22.3 Å². The molecule has 0 aliphatic heterocycles. The molecule has 29 heavy (non-hydrogen) atoms. The van der Waals surface area contributed by atoms with E-state index in [0.717, 1.165) is 29.7 Å². The SMILES string of the molecule is Cc1cccc(-c2nnc(-c3ccc(C(=O)NCCCn4ccnc4)cc3)o2)c1. The zero-order valence-electron chi connectivity index (χ0n) is 16.1. The van der Waals surface area contributed by atoms with E-state index in [1.165, 1.54) is 0 Å². The molecule has 1 N–H and O–H groups in total. The Kier molecular flexibility index (Phi) is 5.47. The van der Waals surface area contributed by atoms with Crippen LogP contribution in [0.5, 0.6) is 0 Å². The molecular formula is C22H21N5O2. The Morgan fingerprint density at radius 3 is 2.59 bits per heavy atom. The van der Waals surface area contributed by atoms with Crippen molar-refractivity contribution in [2.45, 2.75) is 19.9 Å². The van der Waals surface area contributed by atoms with Gasteiger partial charge in [0.05, 0.1) is 6.33 Å². The van der Waals surface area contributed by atoms with Crippen LogP contribution in [0.15, 0.2) is 71.7 Å². The van der Waals surface area contributed by atoms with Gasteiger partial charge in [0.15, 0.2) is 0 Å². The van der Waals surface area contributed by atoms with Crippen molar-refractivity contribution in [3.63, 3.8) is 0 Å². The van der Waals surface area contributed by atoms with E-state index in [9.17, 15) is 4.79 Å². The Labute approximate surface area is 168 Å². The highest BCUT2D eigenvalue weighted by atomic mass is 16.4. The Bertz CT molecular complexity index is 1080. The number of nitrogens with zero attached hydrogens (tertiary/aromatic N) is 4. The second kappa shape index (κ2) is 8.52. The summed E-state index contributed by atoms with van der Waals surface area (Å²) in [4.78, 5) is 16.3. The molecule has 0 saturated carbocycles. The van der Waals surface area contributed by atoms with Crippen LogP contribution in [-0.4, -0.2) is 32.2 Å². The maximum absolute atomic E-state index is 12.3. The van der Waals surface area contributed by atoms with Gasteiger partial charge in [-0.15, -0.1) is 10.2 Å². The molecule has 4 aromatic rings. The van der Waals surface area contributed by atoms with Crippen LogP contribution in [0.4, 0.5) is 0 Å². The summed E-state index contributed by atoms with van der Waals surface area (Å²) in [6.07, 6.45) is 6.25. The van der Waals surface area contributed by atoms with Gasteiger partial charge in [0.25, 0.3) is 5.91 Å². The van der Waals surface area contributed by atoms with Crippen LogP contribution < -0.4 is 5.32 Å². The van der Waals surface area contributed by atoms with Gasteiger partial charge in [0.1, 0.15) is 0 Å². The monoisotopic (exact) mass is 387 g/mol. The predicted octanol–water partition coefficient (Wildman–Crippen LogP) is 3.73. The highest BCUT2D eigenvalue weighted by molar-refractivity contribution is 5.94. The van der Waals surface area contributed by atoms with Crippen LogP contribution >= 0.6 is 0 Å². The second-order valence-electron chi connectivity index (χ2n) is 6.77. The number of aromatic nitrogens is 4. The van der Waals surface area contributed by atoms with Crippen molar-refractivity contribution in [2.75, 3.05) is 6.54 Å². The minimum absolute atomic E-state index is 0.104. The lowest BCUT2D eigenvalue weighted by molar-refractivity contribution is 0.0952. The third-order valence-corrected chi connectivity index (χ3v) is 4.52. The molecule has 2 aromatic heterocycles. The Morgan fingerprint density at radius 2 is 1.86 bits per heavy atom. The van der Waals surface area contributed by atoms with Gasteiger partial charge in [0, 0.05) is 42.2 Å². The van der Waals surface area contributed by atoms with Crippen LogP contribution in [0, 0.1) is 6.92 Å². The van der Waals surface area contributed by atoms with Crippen molar-refractivity contribution in [1.82, 2.24) is 25.1 Å². The van der Waals surface area contributed by atoms with Crippen LogP contribution in [-0.2, 0) is 6.54 Å². The summed E-state index contributed by atoms with van der Waals surface area (Å²) in [6.45, 7) is 3.43. The zero-order valence-corrected chi connectivity index (χ0v) is 16.1. The van der Waals surface area contributed by atoms with Crippen LogP contribution in [0.2, 0.25) is 0 Å². The highest BCUT2D eigenvalue weighted by Crippen LogP contribution is 2.24. The molecule has 0 spiro atoms. The van der Waals surface area contributed by atoms with Crippen molar-refractivity contribution < 1.29 is 9.21 Å². The fourth-order valence-corrected chi connectivity index (χ4v) is 2.98. The first kappa shape index (κ1) is 18.6. The third kappa shape index (κ3) is 4.57. The molecule has 2 heterocycles. The molecule has 0 aliphatic rings. The van der Waals surface area contributed by atoms with E-state index < -0.39 is 0 Å². The molecule has 146 valence electrons. The largest absolute Gasteiger partial charge is 0.416 e. The van der Waals surface area contributed by atoms with E-state index in [1.807, 2.05) is 54.1 Å². The van der Waals surface area contributed by atoms with Gasteiger partial charge in [-0.3, -0.25) is 4.79 Å². The van der Waals surface area contributed by atoms with E-state index in [0.29, 0.717) is 23.9 Å². The average Bonchev–Trinajstić information content (AvgIpc) is 3.43. The lowest BCUT2D eigenvalue weighted by Gasteiger charge is -2.06. The molecule has 1 amide bonds. The summed E-state index contributed by atoms with van der Waals surface area (Å²) in [5.41, 5.74) is 3.38. The van der Waals surface area contributed by atoms with Gasteiger partial charge in [-0.2, -0.15) is 0 Å². The summed E-state index contributed by atoms with van der Waals surface area (Å²) in [5.74, 6) is 0.797. The number of carbonyl (C=O) groups excluding carboxylic acids is 1. The Hall–Kier alpha value is -3.74. The molecule has 0 atom stereocenters. The molecule has 4 rings (SSSR count). The van der Waals surface area contributed by atoms with Gasteiger partial charge in [-0.25, -0.2) is 4.98 Å². The predicted molar refractivity (Wildman–Crippen MR) is 109 cm³/mol. The molecule has 0 fully saturated rings. The molecule has 2 aromatic carbocycles. The van der Waals surface area contributed by atoms with E-state index >= 15 is 0 Å². The van der Waals surface area contributed by atoms with E-state index in [-0.39, 0.29) is 5.91 Å². The first-order valence-electron chi connectivity index (χ1n) is 9.44. The van der Waals surface area contributed by atoms with Crippen LogP contribution in [0.3, 0.4) is 0 Å². The van der Waals surface area contributed by atoms with Crippen molar-refractivity contribution in [2.24, 2.45) is 0 Å². The summed E-state index contributed by atoms with van der Waals surface area (Å²) in [6, 6.07) is 15.1. The van der Waals surface area contributed by atoms with Crippen molar-refractivity contribution in [1.29, 1.82) is 0 Å². The van der Waals surface area contributed by atoms with Gasteiger partial charge >= 0.3 is 0 Å². The van der Waals surface area contributed by atoms with Crippen molar-refractivity contribution >= 4 is 5.91 Å². The number of imidazole rings is 1. The van der Waals surface area contributed by atoms with Gasteiger partial charge in [-0.05, 0) is 49.7 Å².